The maximum Gasteiger partial charge on any atom is 0.323 e. The van der Waals surface area contributed by atoms with E-state index < -0.39 is 17.7 Å². The summed E-state index contributed by atoms with van der Waals surface area (Å²) >= 11 is 0. The number of urea groups is 1. The maximum atomic E-state index is 13.9. The molecule has 0 fully saturated rings. The second-order valence-electron chi connectivity index (χ2n) is 8.95. The number of nitrogens with zero attached hydrogens (tertiary/aromatic N) is 2. The molecule has 190 valence electrons. The van der Waals surface area contributed by atoms with Crippen LogP contribution in [0.1, 0.15) is 24.2 Å². The van der Waals surface area contributed by atoms with Gasteiger partial charge in [0.05, 0.1) is 17.4 Å². The summed E-state index contributed by atoms with van der Waals surface area (Å²) in [5, 5.41) is 4.82. The highest BCUT2D eigenvalue weighted by Crippen LogP contribution is 2.26. The van der Waals surface area contributed by atoms with E-state index in [0.29, 0.717) is 18.9 Å². The number of carbonyl (C=O) groups is 2. The highest BCUT2D eigenvalue weighted by Gasteiger charge is 2.27. The molecule has 1 aliphatic rings. The van der Waals surface area contributed by atoms with Crippen molar-refractivity contribution in [1.82, 2.24) is 9.80 Å². The second kappa shape index (κ2) is 11.5. The van der Waals surface area contributed by atoms with Crippen molar-refractivity contribution < 1.29 is 27.8 Å². The number of rotatable bonds is 3. The number of nitrogens with one attached hydrogen (secondary N) is 2. The molecule has 1 aliphatic heterocycles. The number of hydrogen-bond acceptors (Lipinski definition) is 5. The van der Waals surface area contributed by atoms with Crippen LogP contribution in [0.4, 0.5) is 25.0 Å². The number of anilines is 2. The molecular weight excluding hydrogens is 458 g/mol. The molecule has 8 nitrogen and oxygen atoms in total. The van der Waals surface area contributed by atoms with Gasteiger partial charge in [-0.3, -0.25) is 9.69 Å². The van der Waals surface area contributed by atoms with Gasteiger partial charge in [-0.1, -0.05) is 6.92 Å². The predicted octanol–water partition coefficient (Wildman–Crippen LogP) is 4.04. The average molecular weight is 491 g/mol. The number of fused-ring (bicyclic) bond motifs is 1. The van der Waals surface area contributed by atoms with Crippen LogP contribution in [0.2, 0.25) is 0 Å². The zero-order valence-electron chi connectivity index (χ0n) is 20.6. The molecule has 3 rings (SSSR count). The van der Waals surface area contributed by atoms with Gasteiger partial charge in [0.1, 0.15) is 24.0 Å². The lowest BCUT2D eigenvalue weighted by Crippen LogP contribution is -2.45. The molecule has 0 radical (unpaired) electrons. The fraction of sp³-hybridized carbons (Fsp3) is 0.440. The van der Waals surface area contributed by atoms with Crippen LogP contribution in [0.25, 0.3) is 0 Å². The van der Waals surface area contributed by atoms with E-state index in [1.807, 2.05) is 14.0 Å². The first-order valence-electron chi connectivity index (χ1n) is 11.4. The third kappa shape index (κ3) is 6.67. The standard InChI is InChI=1S/C25H32F2N4O4/c1-15-12-30(3)16(2)14-35-22-9-7-18(11-19(22)24(32)31(4)13-23(15)34-5)28-25(33)29-21-10-17(26)6-8-20(21)27/h6-11,15-16,23H,12-14H2,1-5H3,(H2,28,29,33)/t15-,16-,23+/m1/s1. The lowest BCUT2D eigenvalue weighted by molar-refractivity contribution is 0.0150. The van der Waals surface area contributed by atoms with Gasteiger partial charge in [0.2, 0.25) is 0 Å². The van der Waals surface area contributed by atoms with Gasteiger partial charge in [-0.25, -0.2) is 13.6 Å². The molecule has 10 heteroatoms. The van der Waals surface area contributed by atoms with Crippen molar-refractivity contribution in [2.45, 2.75) is 26.0 Å². The molecule has 0 unspecified atom stereocenters. The summed E-state index contributed by atoms with van der Waals surface area (Å²) in [5.41, 5.74) is 0.253. The molecule has 0 aromatic heterocycles. The van der Waals surface area contributed by atoms with Gasteiger partial charge in [-0.15, -0.1) is 0 Å². The van der Waals surface area contributed by atoms with E-state index in [1.165, 1.54) is 6.07 Å². The number of ether oxygens (including phenoxy) is 2. The summed E-state index contributed by atoms with van der Waals surface area (Å²) < 4.78 is 38.9. The minimum atomic E-state index is -0.784. The van der Waals surface area contributed by atoms with Crippen molar-refractivity contribution in [2.24, 2.45) is 5.92 Å². The molecule has 0 aliphatic carbocycles. The zero-order chi connectivity index (χ0) is 25.7. The molecule has 3 atom stereocenters. The Morgan fingerprint density at radius 2 is 1.83 bits per heavy atom. The Kier molecular flexibility index (Phi) is 8.63. The van der Waals surface area contributed by atoms with E-state index in [-0.39, 0.29) is 40.9 Å². The lowest BCUT2D eigenvalue weighted by atomic mass is 10.0. The second-order valence-corrected chi connectivity index (χ2v) is 8.95. The third-order valence-corrected chi connectivity index (χ3v) is 6.19. The first kappa shape index (κ1) is 26.4. The number of hydrogen-bond donors (Lipinski definition) is 2. The van der Waals surface area contributed by atoms with Crippen molar-refractivity contribution >= 4 is 23.3 Å². The largest absolute Gasteiger partial charge is 0.491 e. The molecule has 1 heterocycles. The van der Waals surface area contributed by atoms with Gasteiger partial charge in [0.15, 0.2) is 0 Å². The van der Waals surface area contributed by atoms with Crippen LogP contribution >= 0.6 is 0 Å². The van der Waals surface area contributed by atoms with E-state index in [4.69, 9.17) is 9.47 Å². The Morgan fingerprint density at radius 1 is 1.09 bits per heavy atom. The third-order valence-electron chi connectivity index (χ3n) is 6.19. The van der Waals surface area contributed by atoms with E-state index in [9.17, 15) is 18.4 Å². The summed E-state index contributed by atoms with van der Waals surface area (Å²) in [6.45, 7) is 5.63. The van der Waals surface area contributed by atoms with Crippen molar-refractivity contribution in [3.63, 3.8) is 0 Å². The first-order chi connectivity index (χ1) is 16.6. The van der Waals surface area contributed by atoms with Crippen LogP contribution in [0.3, 0.4) is 0 Å². The molecule has 0 saturated carbocycles. The fourth-order valence-electron chi connectivity index (χ4n) is 3.91. The van der Waals surface area contributed by atoms with Gasteiger partial charge >= 0.3 is 6.03 Å². The zero-order valence-corrected chi connectivity index (χ0v) is 20.6. The van der Waals surface area contributed by atoms with Crippen LogP contribution in [0, 0.1) is 17.6 Å². The highest BCUT2D eigenvalue weighted by molar-refractivity contribution is 6.02. The topological polar surface area (TPSA) is 83.1 Å². The Morgan fingerprint density at radius 3 is 2.54 bits per heavy atom. The molecule has 0 saturated heterocycles. The SMILES string of the molecule is CO[C@H]1CN(C)C(=O)c2cc(NC(=O)Nc3cc(F)ccc3F)ccc2OC[C@@H](C)N(C)C[C@H]1C. The molecular formula is C25H32F2N4O4. The van der Waals surface area contributed by atoms with E-state index >= 15 is 0 Å². The van der Waals surface area contributed by atoms with E-state index in [2.05, 4.69) is 22.5 Å². The minimum Gasteiger partial charge on any atom is -0.491 e. The van der Waals surface area contributed by atoms with Gasteiger partial charge in [-0.2, -0.15) is 0 Å². The lowest BCUT2D eigenvalue weighted by Gasteiger charge is -2.34. The molecule has 2 aromatic carbocycles. The summed E-state index contributed by atoms with van der Waals surface area (Å²) in [5.74, 6) is -1.20. The minimum absolute atomic E-state index is 0.0832. The fourth-order valence-corrected chi connectivity index (χ4v) is 3.91. The highest BCUT2D eigenvalue weighted by atomic mass is 19.1. The van der Waals surface area contributed by atoms with Crippen molar-refractivity contribution in [3.8, 4) is 5.75 Å². The summed E-state index contributed by atoms with van der Waals surface area (Å²) in [6, 6.07) is 6.74. The molecule has 2 aromatic rings. The number of halogens is 2. The van der Waals surface area contributed by atoms with Crippen LogP contribution in [-0.2, 0) is 4.74 Å². The summed E-state index contributed by atoms with van der Waals surface area (Å²) in [6.07, 6.45) is -0.171. The van der Waals surface area contributed by atoms with Gasteiger partial charge in [0.25, 0.3) is 5.91 Å². The molecule has 35 heavy (non-hydrogen) atoms. The average Bonchev–Trinajstić information content (AvgIpc) is 2.82. The van der Waals surface area contributed by atoms with Crippen LogP contribution < -0.4 is 15.4 Å². The number of amides is 3. The summed E-state index contributed by atoms with van der Waals surface area (Å²) in [7, 11) is 5.34. The number of benzene rings is 2. The van der Waals surface area contributed by atoms with Crippen LogP contribution in [-0.4, -0.2) is 74.8 Å². The van der Waals surface area contributed by atoms with E-state index in [1.54, 1.807) is 31.2 Å². The Labute approximate surface area is 204 Å². The Hall–Kier alpha value is -3.24. The molecule has 0 bridgehead atoms. The van der Waals surface area contributed by atoms with Crippen LogP contribution in [0.15, 0.2) is 36.4 Å². The van der Waals surface area contributed by atoms with Gasteiger partial charge < -0.3 is 25.0 Å². The quantitative estimate of drug-likeness (QED) is 0.679. The summed E-state index contributed by atoms with van der Waals surface area (Å²) in [4.78, 5) is 29.5. The first-order valence-corrected chi connectivity index (χ1v) is 11.4. The van der Waals surface area contributed by atoms with Gasteiger partial charge in [0, 0.05) is 45.0 Å². The normalized spacial score (nSPS) is 21.9. The maximum absolute atomic E-state index is 13.9. The Bertz CT molecular complexity index is 1070. The molecule has 3 amide bonds. The van der Waals surface area contributed by atoms with Crippen LogP contribution in [0.5, 0.6) is 5.75 Å². The monoisotopic (exact) mass is 490 g/mol. The molecule has 0 spiro atoms. The number of methoxy groups -OCH3 is 1. The van der Waals surface area contributed by atoms with Crippen molar-refractivity contribution in [3.05, 3.63) is 53.6 Å². The number of carbonyl (C=O) groups excluding carboxylic acids is 2. The Balaban J connectivity index is 1.86. The van der Waals surface area contributed by atoms with Crippen molar-refractivity contribution in [2.75, 3.05) is 51.5 Å². The molecule has 2 N–H and O–H groups in total. The number of likely N-dealkylation sites (N-methyl/N-ethyl adjacent to an activating group) is 2. The smallest absolute Gasteiger partial charge is 0.323 e. The van der Waals surface area contributed by atoms with Crippen molar-refractivity contribution in [1.29, 1.82) is 0 Å². The van der Waals surface area contributed by atoms with Gasteiger partial charge in [-0.05, 0) is 50.2 Å². The predicted molar refractivity (Wildman–Crippen MR) is 130 cm³/mol. The van der Waals surface area contributed by atoms with E-state index in [0.717, 1.165) is 24.7 Å².